The minimum absolute atomic E-state index is 0.155. The first-order valence-corrected chi connectivity index (χ1v) is 7.38. The molecule has 0 saturated heterocycles. The molecule has 122 valence electrons. The molecule has 0 atom stereocenters. The van der Waals surface area contributed by atoms with Crippen LogP contribution in [0.4, 0.5) is 5.69 Å². The summed E-state index contributed by atoms with van der Waals surface area (Å²) in [7, 11) is 0. The molecule has 6 N–H and O–H groups in total. The predicted molar refractivity (Wildman–Crippen MR) is 89.1 cm³/mol. The second kappa shape index (κ2) is 9.24. The lowest BCUT2D eigenvalue weighted by Crippen LogP contribution is -2.36. The molecule has 0 fully saturated rings. The van der Waals surface area contributed by atoms with Crippen LogP contribution in [0.2, 0.25) is 5.15 Å². The van der Waals surface area contributed by atoms with Crippen molar-refractivity contribution < 1.29 is 4.79 Å². The van der Waals surface area contributed by atoms with E-state index in [1.54, 1.807) is 12.3 Å². The van der Waals surface area contributed by atoms with Crippen molar-refractivity contribution in [3.8, 4) is 0 Å². The van der Waals surface area contributed by atoms with Crippen molar-refractivity contribution in [1.29, 1.82) is 0 Å². The number of carbonyl (C=O) groups is 1. The minimum Gasteiger partial charge on any atom is -0.403 e. The maximum Gasteiger partial charge on any atom is 0.238 e. The molecule has 0 aliphatic heterocycles. The Bertz CT molecular complexity index is 520. The van der Waals surface area contributed by atoms with Crippen LogP contribution in [0.25, 0.3) is 0 Å². The van der Waals surface area contributed by atoms with Gasteiger partial charge in [-0.2, -0.15) is 0 Å². The summed E-state index contributed by atoms with van der Waals surface area (Å²) in [6, 6.07) is 3.61. The Kier molecular flexibility index (Phi) is 7.65. The zero-order valence-corrected chi connectivity index (χ0v) is 13.6. The molecule has 0 saturated carbocycles. The molecule has 8 heteroatoms. The monoisotopic (exact) mass is 326 g/mol. The summed E-state index contributed by atoms with van der Waals surface area (Å²) >= 11 is 6.07. The highest BCUT2D eigenvalue weighted by molar-refractivity contribution is 6.32. The highest BCUT2D eigenvalue weighted by atomic mass is 35.5. The summed E-state index contributed by atoms with van der Waals surface area (Å²) < 4.78 is 0. The second-order valence-corrected chi connectivity index (χ2v) is 5.39. The van der Waals surface area contributed by atoms with Crippen molar-refractivity contribution in [2.45, 2.75) is 19.8 Å². The number of amides is 1. The molecule has 22 heavy (non-hydrogen) atoms. The third kappa shape index (κ3) is 6.30. The van der Waals surface area contributed by atoms with Gasteiger partial charge in [0.1, 0.15) is 0 Å². The van der Waals surface area contributed by atoms with E-state index in [-0.39, 0.29) is 18.4 Å². The standard InChI is InChI=1S/C14H23ClN6O/c1-10(2)11-3-4-12(14(15)20-11)19-13(22)9-18-6-8-21(17)7-5-16/h3-5,7,10,18H,6,8-9,16-17H2,1-2H3,(H,19,22)/b7-5-. The number of hydrazine groups is 1. The van der Waals surface area contributed by atoms with E-state index in [4.69, 9.17) is 23.2 Å². The lowest BCUT2D eigenvalue weighted by Gasteiger charge is -2.13. The minimum atomic E-state index is -0.195. The summed E-state index contributed by atoms with van der Waals surface area (Å²) in [5.41, 5.74) is 6.60. The van der Waals surface area contributed by atoms with Gasteiger partial charge < -0.3 is 21.4 Å². The van der Waals surface area contributed by atoms with Crippen molar-refractivity contribution in [1.82, 2.24) is 15.3 Å². The molecule has 0 aromatic carbocycles. The van der Waals surface area contributed by atoms with Gasteiger partial charge in [0.15, 0.2) is 5.15 Å². The molecule has 7 nitrogen and oxygen atoms in total. The summed E-state index contributed by atoms with van der Waals surface area (Å²) in [6.07, 6.45) is 2.89. The number of aromatic nitrogens is 1. The van der Waals surface area contributed by atoms with Gasteiger partial charge in [0.05, 0.1) is 12.2 Å². The highest BCUT2D eigenvalue weighted by Crippen LogP contribution is 2.22. The summed E-state index contributed by atoms with van der Waals surface area (Å²) in [4.78, 5) is 16.1. The topological polar surface area (TPSA) is 109 Å². The summed E-state index contributed by atoms with van der Waals surface area (Å²) in [5, 5.41) is 7.41. The van der Waals surface area contributed by atoms with E-state index in [9.17, 15) is 4.79 Å². The lowest BCUT2D eigenvalue weighted by atomic mass is 10.1. The van der Waals surface area contributed by atoms with Crippen molar-refractivity contribution in [2.24, 2.45) is 11.6 Å². The number of hydrogen-bond donors (Lipinski definition) is 4. The zero-order valence-electron chi connectivity index (χ0n) is 12.8. The smallest absolute Gasteiger partial charge is 0.238 e. The maximum absolute atomic E-state index is 11.8. The number of rotatable bonds is 8. The Hall–Kier alpha value is -1.83. The molecule has 0 bridgehead atoms. The maximum atomic E-state index is 11.8. The van der Waals surface area contributed by atoms with Gasteiger partial charge in [-0.1, -0.05) is 25.4 Å². The van der Waals surface area contributed by atoms with Gasteiger partial charge >= 0.3 is 0 Å². The molecule has 0 aliphatic rings. The van der Waals surface area contributed by atoms with Crippen LogP contribution in [0.3, 0.4) is 0 Å². The Morgan fingerprint density at radius 1 is 1.50 bits per heavy atom. The molecule has 0 aliphatic carbocycles. The van der Waals surface area contributed by atoms with Crippen LogP contribution >= 0.6 is 11.6 Å². The third-order valence-corrected chi connectivity index (χ3v) is 3.13. The van der Waals surface area contributed by atoms with E-state index in [1.165, 1.54) is 11.2 Å². The molecule has 1 rings (SSSR count). The molecule has 1 heterocycles. The average Bonchev–Trinajstić information content (AvgIpc) is 2.46. The van der Waals surface area contributed by atoms with Crippen LogP contribution < -0.4 is 22.2 Å². The number of pyridine rings is 1. The third-order valence-electron chi connectivity index (χ3n) is 2.85. The van der Waals surface area contributed by atoms with Crippen LogP contribution in [0.5, 0.6) is 0 Å². The Morgan fingerprint density at radius 3 is 2.82 bits per heavy atom. The first-order valence-electron chi connectivity index (χ1n) is 7.00. The first-order chi connectivity index (χ1) is 10.4. The highest BCUT2D eigenvalue weighted by Gasteiger charge is 2.09. The number of halogens is 1. The van der Waals surface area contributed by atoms with Gasteiger partial charge in [0.2, 0.25) is 5.91 Å². The zero-order chi connectivity index (χ0) is 16.5. The largest absolute Gasteiger partial charge is 0.403 e. The number of nitrogens with zero attached hydrogens (tertiary/aromatic N) is 2. The number of anilines is 1. The van der Waals surface area contributed by atoms with Gasteiger partial charge in [0, 0.05) is 31.2 Å². The van der Waals surface area contributed by atoms with Gasteiger partial charge in [0.25, 0.3) is 0 Å². The molecule has 1 aromatic heterocycles. The molecule has 0 radical (unpaired) electrons. The number of nitrogens with one attached hydrogen (secondary N) is 2. The fourth-order valence-electron chi connectivity index (χ4n) is 1.65. The Balaban J connectivity index is 2.39. The van der Waals surface area contributed by atoms with Crippen LogP contribution in [-0.4, -0.2) is 35.5 Å². The Labute approximate surface area is 135 Å². The second-order valence-electron chi connectivity index (χ2n) is 5.03. The van der Waals surface area contributed by atoms with Crippen molar-refractivity contribution in [3.63, 3.8) is 0 Å². The fraction of sp³-hybridized carbons (Fsp3) is 0.429. The van der Waals surface area contributed by atoms with E-state index < -0.39 is 0 Å². The normalized spacial score (nSPS) is 11.1. The molecule has 1 aromatic rings. The quantitative estimate of drug-likeness (QED) is 0.245. The van der Waals surface area contributed by atoms with Gasteiger partial charge in [-0.15, -0.1) is 0 Å². The number of hydrogen-bond acceptors (Lipinski definition) is 6. The first kappa shape index (κ1) is 18.2. The molecular weight excluding hydrogens is 304 g/mol. The molecule has 0 unspecified atom stereocenters. The van der Waals surface area contributed by atoms with Crippen molar-refractivity contribution >= 4 is 23.2 Å². The Morgan fingerprint density at radius 2 is 2.23 bits per heavy atom. The van der Waals surface area contributed by atoms with E-state index >= 15 is 0 Å². The predicted octanol–water partition coefficient (Wildman–Crippen LogP) is 0.992. The molecular formula is C14H23ClN6O. The van der Waals surface area contributed by atoms with Gasteiger partial charge in [-0.25, -0.2) is 10.8 Å². The lowest BCUT2D eigenvalue weighted by molar-refractivity contribution is -0.115. The van der Waals surface area contributed by atoms with E-state index in [2.05, 4.69) is 15.6 Å². The van der Waals surface area contributed by atoms with Crippen LogP contribution in [-0.2, 0) is 4.79 Å². The molecule has 0 spiro atoms. The van der Waals surface area contributed by atoms with Gasteiger partial charge in [-0.3, -0.25) is 4.79 Å². The fourth-order valence-corrected chi connectivity index (χ4v) is 1.86. The van der Waals surface area contributed by atoms with E-state index in [0.717, 1.165) is 5.69 Å². The van der Waals surface area contributed by atoms with Crippen LogP contribution in [0.15, 0.2) is 24.5 Å². The van der Waals surface area contributed by atoms with Crippen molar-refractivity contribution in [2.75, 3.05) is 25.0 Å². The van der Waals surface area contributed by atoms with E-state index in [0.29, 0.717) is 23.9 Å². The average molecular weight is 327 g/mol. The van der Waals surface area contributed by atoms with Crippen LogP contribution in [0.1, 0.15) is 25.5 Å². The van der Waals surface area contributed by atoms with Crippen LogP contribution in [0, 0.1) is 0 Å². The van der Waals surface area contributed by atoms with Crippen molar-refractivity contribution in [3.05, 3.63) is 35.4 Å². The number of nitrogens with two attached hydrogens (primary N) is 2. The molecule has 1 amide bonds. The van der Waals surface area contributed by atoms with E-state index in [1.807, 2.05) is 19.9 Å². The number of carbonyl (C=O) groups excluding carboxylic acids is 1. The summed E-state index contributed by atoms with van der Waals surface area (Å²) in [6.45, 7) is 5.30. The summed E-state index contributed by atoms with van der Waals surface area (Å²) in [5.74, 6) is 5.67. The van der Waals surface area contributed by atoms with Gasteiger partial charge in [-0.05, 0) is 18.1 Å². The SMILES string of the molecule is CC(C)c1ccc(NC(=O)CNCCN(N)/C=C\N)c(Cl)n1.